The zero-order valence-electron chi connectivity index (χ0n) is 16.7. The zero-order valence-corrected chi connectivity index (χ0v) is 17.5. The van der Waals surface area contributed by atoms with Gasteiger partial charge in [-0.05, 0) is 42.0 Å². The molecule has 1 atom stereocenters. The summed E-state index contributed by atoms with van der Waals surface area (Å²) < 4.78 is 79.4. The van der Waals surface area contributed by atoms with Crippen LogP contribution in [0.15, 0.2) is 42.5 Å². The Balaban J connectivity index is 2.37. The van der Waals surface area contributed by atoms with Crippen LogP contribution in [0.5, 0.6) is 17.2 Å². The Labute approximate surface area is 177 Å². The lowest BCUT2D eigenvalue weighted by molar-refractivity contribution is -0.140. The van der Waals surface area contributed by atoms with Crippen LogP contribution in [0.2, 0.25) is 0 Å². The summed E-state index contributed by atoms with van der Waals surface area (Å²) >= 11 is 0. The Hall–Kier alpha value is -3.15. The average molecular weight is 463 g/mol. The topological polar surface area (TPSA) is 100 Å². The molecule has 0 radical (unpaired) electrons. The molecule has 0 bridgehead atoms. The fourth-order valence-corrected chi connectivity index (χ4v) is 2.99. The van der Waals surface area contributed by atoms with Crippen molar-refractivity contribution in [1.82, 2.24) is 0 Å². The van der Waals surface area contributed by atoms with E-state index < -0.39 is 33.4 Å². The first kappa shape index (κ1) is 24.1. The second-order valence-corrected chi connectivity index (χ2v) is 7.64. The number of ether oxygens (including phenoxy) is 3. The number of carbonyl (C=O) groups is 1. The Bertz CT molecular complexity index is 1010. The van der Waals surface area contributed by atoms with Crippen molar-refractivity contribution in [3.8, 4) is 17.2 Å². The van der Waals surface area contributed by atoms with Crippen LogP contribution in [-0.2, 0) is 19.6 Å². The van der Waals surface area contributed by atoms with E-state index >= 15 is 0 Å². The summed E-state index contributed by atoms with van der Waals surface area (Å²) in [6, 6.07) is 9.70. The molecule has 0 heterocycles. The van der Waals surface area contributed by atoms with E-state index in [1.165, 1.54) is 26.4 Å². The molecule has 31 heavy (non-hydrogen) atoms. The zero-order chi connectivity index (χ0) is 23.2. The molecule has 8 nitrogen and oxygen atoms in total. The highest BCUT2D eigenvalue weighted by atomic mass is 32.2. The highest BCUT2D eigenvalue weighted by Gasteiger charge is 2.49. The van der Waals surface area contributed by atoms with Gasteiger partial charge in [0.05, 0.1) is 33.8 Å². The molecular formula is C19H20F3NO7S. The van der Waals surface area contributed by atoms with Crippen LogP contribution >= 0.6 is 0 Å². The van der Waals surface area contributed by atoms with Crippen molar-refractivity contribution in [2.75, 3.05) is 26.6 Å². The number of hydrogen-bond donors (Lipinski definition) is 1. The molecule has 0 saturated heterocycles. The Morgan fingerprint density at radius 3 is 2.16 bits per heavy atom. The van der Waals surface area contributed by atoms with Crippen LogP contribution in [0.3, 0.4) is 0 Å². The second-order valence-electron chi connectivity index (χ2n) is 6.10. The predicted molar refractivity (Wildman–Crippen MR) is 105 cm³/mol. The van der Waals surface area contributed by atoms with Gasteiger partial charge in [-0.2, -0.15) is 21.6 Å². The lowest BCUT2D eigenvalue weighted by Crippen LogP contribution is -2.28. The third-order valence-electron chi connectivity index (χ3n) is 4.10. The molecular weight excluding hydrogens is 443 g/mol. The Morgan fingerprint density at radius 2 is 1.65 bits per heavy atom. The van der Waals surface area contributed by atoms with Crippen LogP contribution in [0.4, 0.5) is 18.9 Å². The van der Waals surface area contributed by atoms with Crippen LogP contribution in [0.1, 0.15) is 18.0 Å². The third-order valence-corrected chi connectivity index (χ3v) is 5.07. The molecule has 0 aliphatic carbocycles. The van der Waals surface area contributed by atoms with Crippen LogP contribution < -0.4 is 19.0 Å². The highest BCUT2D eigenvalue weighted by molar-refractivity contribution is 7.88. The molecule has 1 unspecified atom stereocenters. The molecule has 2 aromatic rings. The average Bonchev–Trinajstić information content (AvgIpc) is 2.72. The highest BCUT2D eigenvalue weighted by Crippen LogP contribution is 2.36. The summed E-state index contributed by atoms with van der Waals surface area (Å²) in [7, 11) is -2.01. The van der Waals surface area contributed by atoms with E-state index in [2.05, 4.69) is 9.50 Å². The number of esters is 1. The fourth-order valence-electron chi connectivity index (χ4n) is 2.53. The van der Waals surface area contributed by atoms with Crippen LogP contribution in [0, 0.1) is 0 Å². The van der Waals surface area contributed by atoms with E-state index in [1.807, 2.05) is 0 Å². The summed E-state index contributed by atoms with van der Waals surface area (Å²) in [6.07, 6.45) is -0.132. The van der Waals surface area contributed by atoms with Gasteiger partial charge in [-0.3, -0.25) is 4.79 Å². The van der Waals surface area contributed by atoms with Crippen molar-refractivity contribution in [1.29, 1.82) is 0 Å². The number of hydrogen-bond acceptors (Lipinski definition) is 8. The summed E-state index contributed by atoms with van der Waals surface area (Å²) in [5.41, 5.74) is -4.57. The van der Waals surface area contributed by atoms with Gasteiger partial charge in [-0.25, -0.2) is 0 Å². The molecule has 0 aromatic heterocycles. The van der Waals surface area contributed by atoms with E-state index in [-0.39, 0.29) is 12.2 Å². The van der Waals surface area contributed by atoms with Gasteiger partial charge in [-0.15, -0.1) is 0 Å². The largest absolute Gasteiger partial charge is 0.534 e. The molecule has 0 spiro atoms. The first-order valence-electron chi connectivity index (χ1n) is 8.66. The third kappa shape index (κ3) is 6.17. The summed E-state index contributed by atoms with van der Waals surface area (Å²) in [6.45, 7) is 0. The molecule has 2 aromatic carbocycles. The van der Waals surface area contributed by atoms with Crippen molar-refractivity contribution in [3.05, 3.63) is 48.0 Å². The first-order chi connectivity index (χ1) is 14.5. The molecule has 12 heteroatoms. The molecule has 1 N–H and O–H groups in total. The predicted octanol–water partition coefficient (Wildman–Crippen LogP) is 3.65. The molecule has 0 saturated carbocycles. The Kier molecular flexibility index (Phi) is 7.60. The van der Waals surface area contributed by atoms with Crippen molar-refractivity contribution in [2.24, 2.45) is 0 Å². The van der Waals surface area contributed by atoms with Gasteiger partial charge < -0.3 is 23.7 Å². The second kappa shape index (κ2) is 9.77. The summed E-state index contributed by atoms with van der Waals surface area (Å²) in [5, 5.41) is 3.10. The molecule has 170 valence electrons. The number of rotatable bonds is 9. The molecule has 0 amide bonds. The normalized spacial score (nSPS) is 12.6. The lowest BCUT2D eigenvalue weighted by atomic mass is 10.0. The van der Waals surface area contributed by atoms with Crippen molar-refractivity contribution >= 4 is 21.8 Å². The number of nitrogens with one attached hydrogen (secondary N) is 1. The fraction of sp³-hybridized carbons (Fsp3) is 0.316. The quantitative estimate of drug-likeness (QED) is 0.342. The minimum atomic E-state index is -5.88. The number of carbonyl (C=O) groups excluding carboxylic acids is 1. The van der Waals surface area contributed by atoms with Crippen molar-refractivity contribution in [3.63, 3.8) is 0 Å². The number of benzene rings is 2. The maximum Gasteiger partial charge on any atom is 0.534 e. The minimum Gasteiger partial charge on any atom is -0.497 e. The van der Waals surface area contributed by atoms with Crippen LogP contribution in [-0.4, -0.2) is 41.2 Å². The maximum atomic E-state index is 12.6. The number of alkyl halides is 3. The van der Waals surface area contributed by atoms with Gasteiger partial charge in [0.25, 0.3) is 0 Å². The monoisotopic (exact) mass is 463 g/mol. The summed E-state index contributed by atoms with van der Waals surface area (Å²) in [4.78, 5) is 11.9. The van der Waals surface area contributed by atoms with Gasteiger partial charge in [0.1, 0.15) is 5.75 Å². The van der Waals surface area contributed by atoms with E-state index in [4.69, 9.17) is 14.2 Å². The van der Waals surface area contributed by atoms with Crippen LogP contribution in [0.25, 0.3) is 0 Å². The molecule has 0 aliphatic heterocycles. The first-order valence-corrected chi connectivity index (χ1v) is 10.1. The molecule has 2 rings (SSSR count). The van der Waals surface area contributed by atoms with Gasteiger partial charge in [0.15, 0.2) is 11.5 Å². The minimum absolute atomic E-state index is 0.132. The van der Waals surface area contributed by atoms with Gasteiger partial charge in [0.2, 0.25) is 0 Å². The van der Waals surface area contributed by atoms with Gasteiger partial charge in [-0.1, -0.05) is 6.07 Å². The van der Waals surface area contributed by atoms with E-state index in [1.54, 1.807) is 24.3 Å². The van der Waals surface area contributed by atoms with Crippen molar-refractivity contribution in [2.45, 2.75) is 18.0 Å². The number of anilines is 1. The number of halogens is 3. The van der Waals surface area contributed by atoms with E-state index in [0.29, 0.717) is 17.0 Å². The maximum absolute atomic E-state index is 12.6. The molecule has 0 fully saturated rings. The van der Waals surface area contributed by atoms with Gasteiger partial charge in [0, 0.05) is 5.69 Å². The van der Waals surface area contributed by atoms with Crippen molar-refractivity contribution < 1.29 is 44.8 Å². The van der Waals surface area contributed by atoms with Gasteiger partial charge >= 0.3 is 21.6 Å². The lowest BCUT2D eigenvalue weighted by Gasteiger charge is -2.21. The number of methoxy groups -OCH3 is 3. The SMILES string of the molecule is COC(=O)CC(Nc1ccc(OC)cc1)c1ccc(OS(=O)(=O)C(F)(F)F)c(OC)c1. The van der Waals surface area contributed by atoms with E-state index in [9.17, 15) is 26.4 Å². The molecule has 0 aliphatic rings. The standard InChI is InChI=1S/C19H20F3NO7S/c1-27-14-7-5-13(6-8-14)23-15(11-18(24)29-3)12-4-9-16(17(10-12)28-2)30-31(25,26)19(20,21)22/h4-10,15,23H,11H2,1-3H3. The summed E-state index contributed by atoms with van der Waals surface area (Å²) in [5.74, 6) is -0.851. The Morgan fingerprint density at radius 1 is 1.00 bits per heavy atom. The van der Waals surface area contributed by atoms with E-state index in [0.717, 1.165) is 13.2 Å². The smallest absolute Gasteiger partial charge is 0.497 e.